The van der Waals surface area contributed by atoms with Gasteiger partial charge in [-0.2, -0.15) is 0 Å². The number of fused-ring (bicyclic) bond motifs is 1. The Morgan fingerprint density at radius 2 is 1.53 bits per heavy atom. The molecule has 0 bridgehead atoms. The Bertz CT molecular complexity index is 928. The first-order valence-corrected chi connectivity index (χ1v) is 12.8. The van der Waals surface area contributed by atoms with Crippen LogP contribution in [-0.4, -0.2) is 91.0 Å². The first-order valence-electron chi connectivity index (χ1n) is 12.8. The minimum absolute atomic E-state index is 0.108. The number of rotatable bonds is 6. The van der Waals surface area contributed by atoms with Crippen molar-refractivity contribution in [3.8, 4) is 5.75 Å². The quantitative estimate of drug-likeness (QED) is 0.642. The maximum atomic E-state index is 13.6. The van der Waals surface area contributed by atoms with Gasteiger partial charge in [-0.05, 0) is 70.7 Å². The van der Waals surface area contributed by atoms with Crippen molar-refractivity contribution in [2.75, 3.05) is 63.9 Å². The van der Waals surface area contributed by atoms with E-state index in [-0.39, 0.29) is 11.8 Å². The molecule has 186 valence electrons. The highest BCUT2D eigenvalue weighted by molar-refractivity contribution is 6.01. The molecule has 2 saturated heterocycles. The summed E-state index contributed by atoms with van der Waals surface area (Å²) in [5.41, 5.74) is 2.77. The lowest BCUT2D eigenvalue weighted by molar-refractivity contribution is -0.134. The highest BCUT2D eigenvalue weighted by atomic mass is 16.5. The largest absolute Gasteiger partial charge is 0.494 e. The van der Waals surface area contributed by atoms with Crippen molar-refractivity contribution in [1.82, 2.24) is 14.7 Å². The predicted molar refractivity (Wildman–Crippen MR) is 136 cm³/mol. The molecule has 2 amide bonds. The second-order valence-corrected chi connectivity index (χ2v) is 10.3. The zero-order chi connectivity index (χ0) is 24.3. The van der Waals surface area contributed by atoms with Gasteiger partial charge in [0.05, 0.1) is 30.9 Å². The van der Waals surface area contributed by atoms with E-state index >= 15 is 0 Å². The predicted octanol–water partition coefficient (Wildman–Crippen LogP) is 3.24. The lowest BCUT2D eigenvalue weighted by Gasteiger charge is -2.43. The molecule has 0 N–H and O–H groups in total. The molecule has 0 unspecified atom stereocenters. The Labute approximate surface area is 204 Å². The van der Waals surface area contributed by atoms with E-state index in [0.717, 1.165) is 74.7 Å². The molecule has 3 aliphatic rings. The number of anilines is 1. The molecular weight excluding hydrogens is 428 g/mol. The van der Waals surface area contributed by atoms with Crippen LogP contribution in [0.1, 0.15) is 52.5 Å². The molecule has 0 atom stereocenters. The van der Waals surface area contributed by atoms with Crippen LogP contribution in [0.25, 0.3) is 5.57 Å². The fourth-order valence-corrected chi connectivity index (χ4v) is 5.52. The van der Waals surface area contributed by atoms with Crippen LogP contribution in [0.15, 0.2) is 24.3 Å². The smallest absolute Gasteiger partial charge is 0.241 e. The average molecular weight is 469 g/mol. The second kappa shape index (κ2) is 10.5. The van der Waals surface area contributed by atoms with E-state index in [1.165, 1.54) is 6.42 Å². The number of carbonyl (C=O) groups is 2. The molecule has 1 aromatic rings. The number of allylic oxidation sites excluding steroid dienone is 1. The SMILES string of the molecule is CCOc1ccc2c(c1)C(C)=CC(C)(C)N2C(=O)CN1CCN(CC(=O)N2CCCCC2)CC1. The molecule has 0 spiro atoms. The molecular formula is C27H40N4O3. The minimum Gasteiger partial charge on any atom is -0.494 e. The van der Waals surface area contributed by atoms with Crippen LogP contribution in [0, 0.1) is 0 Å². The van der Waals surface area contributed by atoms with E-state index in [2.05, 4.69) is 36.6 Å². The summed E-state index contributed by atoms with van der Waals surface area (Å²) in [4.78, 5) is 34.6. The summed E-state index contributed by atoms with van der Waals surface area (Å²) in [6.07, 6.45) is 5.66. The summed E-state index contributed by atoms with van der Waals surface area (Å²) < 4.78 is 5.70. The van der Waals surface area contributed by atoms with Gasteiger partial charge in [-0.3, -0.25) is 19.4 Å². The third-order valence-corrected chi connectivity index (χ3v) is 7.23. The van der Waals surface area contributed by atoms with Crippen molar-refractivity contribution < 1.29 is 14.3 Å². The molecule has 0 radical (unpaired) electrons. The van der Waals surface area contributed by atoms with Gasteiger partial charge in [0, 0.05) is 44.8 Å². The monoisotopic (exact) mass is 468 g/mol. The molecule has 34 heavy (non-hydrogen) atoms. The van der Waals surface area contributed by atoms with E-state index in [1.54, 1.807) is 0 Å². The van der Waals surface area contributed by atoms with Gasteiger partial charge in [0.1, 0.15) is 5.75 Å². The number of piperazine rings is 1. The lowest BCUT2D eigenvalue weighted by atomic mass is 9.88. The number of carbonyl (C=O) groups excluding carboxylic acids is 2. The zero-order valence-electron chi connectivity index (χ0n) is 21.3. The molecule has 7 heteroatoms. The Kier molecular flexibility index (Phi) is 7.63. The first kappa shape index (κ1) is 24.7. The number of likely N-dealkylation sites (tertiary alicyclic amines) is 1. The van der Waals surface area contributed by atoms with Crippen LogP contribution in [0.5, 0.6) is 5.75 Å². The van der Waals surface area contributed by atoms with Crippen LogP contribution in [0.3, 0.4) is 0 Å². The van der Waals surface area contributed by atoms with Crippen molar-refractivity contribution in [3.63, 3.8) is 0 Å². The van der Waals surface area contributed by atoms with Crippen molar-refractivity contribution in [2.45, 2.75) is 52.5 Å². The van der Waals surface area contributed by atoms with Crippen LogP contribution in [0.2, 0.25) is 0 Å². The van der Waals surface area contributed by atoms with E-state index in [0.29, 0.717) is 19.7 Å². The Balaban J connectivity index is 1.37. The third-order valence-electron chi connectivity index (χ3n) is 7.23. The maximum Gasteiger partial charge on any atom is 0.241 e. The van der Waals surface area contributed by atoms with Crippen LogP contribution < -0.4 is 9.64 Å². The number of benzene rings is 1. The molecule has 0 aliphatic carbocycles. The van der Waals surface area contributed by atoms with Gasteiger partial charge < -0.3 is 14.5 Å². The van der Waals surface area contributed by atoms with Crippen LogP contribution in [-0.2, 0) is 9.59 Å². The molecule has 3 heterocycles. The molecule has 0 saturated carbocycles. The van der Waals surface area contributed by atoms with E-state index < -0.39 is 5.54 Å². The minimum atomic E-state index is -0.399. The molecule has 3 aliphatic heterocycles. The summed E-state index contributed by atoms with van der Waals surface area (Å²) in [6.45, 7) is 14.8. The number of hydrogen-bond donors (Lipinski definition) is 0. The standard InChI is InChI=1S/C27H40N4O3/c1-5-34-22-9-10-24-23(17-22)21(2)18-27(3,4)31(24)26(33)20-29-15-13-28(14-16-29)19-25(32)30-11-7-6-8-12-30/h9-10,17-18H,5-8,11-16,19-20H2,1-4H3. The third kappa shape index (κ3) is 5.47. The van der Waals surface area contributed by atoms with Gasteiger partial charge in [-0.25, -0.2) is 0 Å². The zero-order valence-corrected chi connectivity index (χ0v) is 21.3. The summed E-state index contributed by atoms with van der Waals surface area (Å²) in [7, 11) is 0. The average Bonchev–Trinajstić information content (AvgIpc) is 2.81. The lowest BCUT2D eigenvalue weighted by Crippen LogP contribution is -2.55. The van der Waals surface area contributed by atoms with E-state index in [4.69, 9.17) is 4.74 Å². The van der Waals surface area contributed by atoms with Crippen LogP contribution >= 0.6 is 0 Å². The first-order chi connectivity index (χ1) is 16.3. The molecule has 2 fully saturated rings. The number of nitrogens with zero attached hydrogens (tertiary/aromatic N) is 4. The van der Waals surface area contributed by atoms with E-state index in [9.17, 15) is 9.59 Å². The summed E-state index contributed by atoms with van der Waals surface area (Å²) >= 11 is 0. The molecule has 4 rings (SSSR count). The molecule has 7 nitrogen and oxygen atoms in total. The van der Waals surface area contributed by atoms with Gasteiger partial charge in [-0.15, -0.1) is 0 Å². The summed E-state index contributed by atoms with van der Waals surface area (Å²) in [5.74, 6) is 1.19. The van der Waals surface area contributed by atoms with Gasteiger partial charge in [0.15, 0.2) is 0 Å². The summed E-state index contributed by atoms with van der Waals surface area (Å²) in [6, 6.07) is 6.01. The number of amides is 2. The molecule has 0 aromatic heterocycles. The van der Waals surface area contributed by atoms with Crippen molar-refractivity contribution in [3.05, 3.63) is 29.8 Å². The number of ether oxygens (including phenoxy) is 1. The Hall–Kier alpha value is -2.38. The van der Waals surface area contributed by atoms with Gasteiger partial charge in [0.25, 0.3) is 0 Å². The summed E-state index contributed by atoms with van der Waals surface area (Å²) in [5, 5.41) is 0. The normalized spacial score (nSPS) is 21.1. The maximum absolute atomic E-state index is 13.6. The van der Waals surface area contributed by atoms with E-state index in [1.807, 2.05) is 34.9 Å². The van der Waals surface area contributed by atoms with Crippen LogP contribution in [0.4, 0.5) is 5.69 Å². The highest BCUT2D eigenvalue weighted by Gasteiger charge is 2.36. The Morgan fingerprint density at radius 1 is 0.912 bits per heavy atom. The highest BCUT2D eigenvalue weighted by Crippen LogP contribution is 2.40. The topological polar surface area (TPSA) is 56.3 Å². The fraction of sp³-hybridized carbons (Fsp3) is 0.630. The van der Waals surface area contributed by atoms with Gasteiger partial charge >= 0.3 is 0 Å². The second-order valence-electron chi connectivity index (χ2n) is 10.3. The van der Waals surface area contributed by atoms with Crippen molar-refractivity contribution in [2.24, 2.45) is 0 Å². The van der Waals surface area contributed by atoms with Gasteiger partial charge in [0.2, 0.25) is 11.8 Å². The number of piperidine rings is 1. The van der Waals surface area contributed by atoms with Gasteiger partial charge in [-0.1, -0.05) is 6.08 Å². The van der Waals surface area contributed by atoms with Crippen molar-refractivity contribution >= 4 is 23.1 Å². The number of hydrogen-bond acceptors (Lipinski definition) is 5. The molecule has 1 aromatic carbocycles. The van der Waals surface area contributed by atoms with Crippen molar-refractivity contribution in [1.29, 1.82) is 0 Å². The fourth-order valence-electron chi connectivity index (χ4n) is 5.52. The Morgan fingerprint density at radius 3 is 2.15 bits per heavy atom.